The summed E-state index contributed by atoms with van der Waals surface area (Å²) in [5, 5.41) is 15.0. The van der Waals surface area contributed by atoms with E-state index in [9.17, 15) is 24.0 Å². The first-order valence-electron chi connectivity index (χ1n) is 6.68. The van der Waals surface area contributed by atoms with Crippen LogP contribution >= 0.6 is 0 Å². The third kappa shape index (κ3) is 8.36. The first kappa shape index (κ1) is 20.3. The maximum atomic E-state index is 11.9. The highest BCUT2D eigenvalue weighted by Crippen LogP contribution is 1.95. The predicted octanol–water partition coefficient (Wildman–Crippen LogP) is -3.60. The van der Waals surface area contributed by atoms with Gasteiger partial charge in [-0.1, -0.05) is 0 Å². The van der Waals surface area contributed by atoms with Crippen molar-refractivity contribution in [2.24, 2.45) is 11.5 Å². The Balaban J connectivity index is 4.77. The van der Waals surface area contributed by atoms with E-state index < -0.39 is 60.7 Å². The Hall–Kier alpha value is -2.69. The summed E-state index contributed by atoms with van der Waals surface area (Å²) in [5.74, 6) is -4.37. The van der Waals surface area contributed by atoms with Crippen molar-refractivity contribution >= 4 is 29.6 Å². The monoisotopic (exact) mass is 331 g/mol. The molecule has 0 aromatic rings. The molecule has 0 rings (SSSR count). The third-order valence-electron chi connectivity index (χ3n) is 2.62. The second kappa shape index (κ2) is 9.35. The molecule has 0 fully saturated rings. The first-order valence-corrected chi connectivity index (χ1v) is 6.68. The van der Waals surface area contributed by atoms with Gasteiger partial charge in [-0.2, -0.15) is 0 Å². The molecular weight excluding hydrogens is 310 g/mol. The molecule has 23 heavy (non-hydrogen) atoms. The number of rotatable bonds is 9. The number of hydrogen-bond acceptors (Lipinski definition) is 6. The molecule has 0 aliphatic carbocycles. The number of carboxylic acid groups (broad SMARTS) is 1. The molecular formula is C12H21N5O6. The molecule has 0 aliphatic rings. The highest BCUT2D eigenvalue weighted by atomic mass is 16.4. The van der Waals surface area contributed by atoms with E-state index >= 15 is 0 Å². The van der Waals surface area contributed by atoms with E-state index in [0.717, 1.165) is 0 Å². The fraction of sp³-hybridized carbons (Fsp3) is 0.583. The molecule has 0 spiro atoms. The Labute approximate surface area is 132 Å². The molecule has 0 aliphatic heterocycles. The standard InChI is InChI=1S/C12H21N5O6/c1-5(13)10(21)16-6(2)11(22)17-7(3-8(14)18)12(23)15-4-9(19)20/h5-7H,3-4,13H2,1-2H3,(H2,14,18)(H,15,23)(H,16,21)(H,17,22)(H,19,20). The van der Waals surface area contributed by atoms with Crippen molar-refractivity contribution in [1.29, 1.82) is 0 Å². The molecule has 3 unspecified atom stereocenters. The summed E-state index contributed by atoms with van der Waals surface area (Å²) in [7, 11) is 0. The average Bonchev–Trinajstić information content (AvgIpc) is 2.42. The number of amides is 4. The van der Waals surface area contributed by atoms with Crippen LogP contribution in [0.15, 0.2) is 0 Å². The van der Waals surface area contributed by atoms with Gasteiger partial charge in [0.2, 0.25) is 23.6 Å². The molecule has 0 aromatic heterocycles. The average molecular weight is 331 g/mol. The lowest BCUT2D eigenvalue weighted by Gasteiger charge is -2.20. The van der Waals surface area contributed by atoms with Crippen LogP contribution < -0.4 is 27.4 Å². The fourth-order valence-corrected chi connectivity index (χ4v) is 1.40. The SMILES string of the molecule is CC(N)C(=O)NC(C)C(=O)NC(CC(N)=O)C(=O)NCC(=O)O. The topological polar surface area (TPSA) is 194 Å². The summed E-state index contributed by atoms with van der Waals surface area (Å²) in [6, 6.07) is -3.20. The molecule has 130 valence electrons. The zero-order chi connectivity index (χ0) is 18.2. The van der Waals surface area contributed by atoms with E-state index in [4.69, 9.17) is 16.6 Å². The molecule has 3 atom stereocenters. The van der Waals surface area contributed by atoms with E-state index in [1.165, 1.54) is 13.8 Å². The number of carbonyl (C=O) groups is 5. The van der Waals surface area contributed by atoms with Crippen LogP contribution in [0.2, 0.25) is 0 Å². The van der Waals surface area contributed by atoms with Crippen LogP contribution in [0.25, 0.3) is 0 Å². The Morgan fingerprint density at radius 3 is 2.00 bits per heavy atom. The fourth-order valence-electron chi connectivity index (χ4n) is 1.40. The van der Waals surface area contributed by atoms with Gasteiger partial charge in [-0.3, -0.25) is 24.0 Å². The van der Waals surface area contributed by atoms with E-state index in [1.54, 1.807) is 0 Å². The van der Waals surface area contributed by atoms with Crippen LogP contribution in [0.4, 0.5) is 0 Å². The lowest BCUT2D eigenvalue weighted by atomic mass is 10.1. The van der Waals surface area contributed by atoms with Crippen LogP contribution in [-0.4, -0.2) is 59.4 Å². The zero-order valence-corrected chi connectivity index (χ0v) is 12.8. The van der Waals surface area contributed by atoms with Gasteiger partial charge in [-0.05, 0) is 13.8 Å². The van der Waals surface area contributed by atoms with Gasteiger partial charge >= 0.3 is 5.97 Å². The number of hydrogen-bond donors (Lipinski definition) is 6. The molecule has 0 bridgehead atoms. The van der Waals surface area contributed by atoms with Crippen LogP contribution in [0, 0.1) is 0 Å². The Bertz CT molecular complexity index is 492. The number of carbonyl (C=O) groups excluding carboxylic acids is 4. The molecule has 0 heterocycles. The lowest BCUT2D eigenvalue weighted by molar-refractivity contribution is -0.138. The second-order valence-electron chi connectivity index (χ2n) is 4.86. The number of nitrogens with one attached hydrogen (secondary N) is 3. The summed E-state index contributed by atoms with van der Waals surface area (Å²) < 4.78 is 0. The molecule has 0 saturated heterocycles. The van der Waals surface area contributed by atoms with Gasteiger partial charge in [0.25, 0.3) is 0 Å². The smallest absolute Gasteiger partial charge is 0.322 e. The highest BCUT2D eigenvalue weighted by molar-refractivity contribution is 5.95. The molecule has 11 heteroatoms. The van der Waals surface area contributed by atoms with Crippen molar-refractivity contribution < 1.29 is 29.1 Å². The van der Waals surface area contributed by atoms with Crippen LogP contribution in [-0.2, 0) is 24.0 Å². The normalized spacial score (nSPS) is 14.0. The number of carboxylic acids is 1. The Kier molecular flexibility index (Phi) is 8.26. The first-order chi connectivity index (χ1) is 10.5. The van der Waals surface area contributed by atoms with Crippen LogP contribution in [0.5, 0.6) is 0 Å². The van der Waals surface area contributed by atoms with Gasteiger partial charge < -0.3 is 32.5 Å². The molecule has 4 amide bonds. The summed E-state index contributed by atoms with van der Waals surface area (Å²) >= 11 is 0. The van der Waals surface area contributed by atoms with Gasteiger partial charge in [0.05, 0.1) is 12.5 Å². The van der Waals surface area contributed by atoms with E-state index in [2.05, 4.69) is 10.6 Å². The minimum absolute atomic E-state index is 0.523. The maximum absolute atomic E-state index is 11.9. The van der Waals surface area contributed by atoms with Crippen molar-refractivity contribution in [3.05, 3.63) is 0 Å². The van der Waals surface area contributed by atoms with E-state index in [1.807, 2.05) is 5.32 Å². The van der Waals surface area contributed by atoms with E-state index in [-0.39, 0.29) is 0 Å². The summed E-state index contributed by atoms with van der Waals surface area (Å²) in [6.07, 6.45) is -0.523. The Morgan fingerprint density at radius 2 is 1.57 bits per heavy atom. The second-order valence-corrected chi connectivity index (χ2v) is 4.86. The minimum atomic E-state index is -1.35. The van der Waals surface area contributed by atoms with Gasteiger partial charge in [0.1, 0.15) is 18.6 Å². The quantitative estimate of drug-likeness (QED) is 0.251. The maximum Gasteiger partial charge on any atom is 0.322 e. The van der Waals surface area contributed by atoms with Gasteiger partial charge in [0, 0.05) is 0 Å². The minimum Gasteiger partial charge on any atom is -0.480 e. The molecule has 0 saturated carbocycles. The molecule has 8 N–H and O–H groups in total. The number of primary amides is 1. The zero-order valence-electron chi connectivity index (χ0n) is 12.8. The van der Waals surface area contributed by atoms with Gasteiger partial charge in [-0.25, -0.2) is 0 Å². The van der Waals surface area contributed by atoms with Crippen molar-refractivity contribution in [2.45, 2.75) is 38.4 Å². The highest BCUT2D eigenvalue weighted by Gasteiger charge is 2.26. The summed E-state index contributed by atoms with van der Waals surface area (Å²) in [6.45, 7) is 2.10. The van der Waals surface area contributed by atoms with E-state index in [0.29, 0.717) is 0 Å². The van der Waals surface area contributed by atoms with Gasteiger partial charge in [0.15, 0.2) is 0 Å². The number of nitrogens with two attached hydrogens (primary N) is 2. The van der Waals surface area contributed by atoms with Crippen LogP contribution in [0.3, 0.4) is 0 Å². The van der Waals surface area contributed by atoms with Crippen molar-refractivity contribution in [3.63, 3.8) is 0 Å². The lowest BCUT2D eigenvalue weighted by Crippen LogP contribution is -2.55. The molecule has 11 nitrogen and oxygen atoms in total. The third-order valence-corrected chi connectivity index (χ3v) is 2.62. The van der Waals surface area contributed by atoms with Crippen molar-refractivity contribution in [1.82, 2.24) is 16.0 Å². The summed E-state index contributed by atoms with van der Waals surface area (Å²) in [4.78, 5) is 56.5. The largest absolute Gasteiger partial charge is 0.480 e. The molecule has 0 aromatic carbocycles. The molecule has 0 radical (unpaired) electrons. The predicted molar refractivity (Wildman–Crippen MR) is 77.6 cm³/mol. The Morgan fingerprint density at radius 1 is 1.00 bits per heavy atom. The van der Waals surface area contributed by atoms with Crippen molar-refractivity contribution in [3.8, 4) is 0 Å². The summed E-state index contributed by atoms with van der Waals surface area (Å²) in [5.41, 5.74) is 10.3. The van der Waals surface area contributed by atoms with Crippen LogP contribution in [0.1, 0.15) is 20.3 Å². The van der Waals surface area contributed by atoms with Gasteiger partial charge in [-0.15, -0.1) is 0 Å². The number of aliphatic carboxylic acids is 1. The van der Waals surface area contributed by atoms with Crippen molar-refractivity contribution in [2.75, 3.05) is 6.54 Å².